The zero-order chi connectivity index (χ0) is 20.8. The number of anilines is 2. The summed E-state index contributed by atoms with van der Waals surface area (Å²) < 4.78 is 0.886. The van der Waals surface area contributed by atoms with Gasteiger partial charge in [-0.15, -0.1) is 0 Å². The highest BCUT2D eigenvalue weighted by atomic mass is 32.1. The van der Waals surface area contributed by atoms with Crippen molar-refractivity contribution < 1.29 is 4.79 Å². The minimum Gasteiger partial charge on any atom is -0.354 e. The number of carbonyl (C=O) groups excluding carboxylic acids is 1. The molecule has 1 aliphatic rings. The molecule has 0 spiro atoms. The van der Waals surface area contributed by atoms with Gasteiger partial charge in [0.25, 0.3) is 0 Å². The highest BCUT2D eigenvalue weighted by molar-refractivity contribution is 7.16. The first-order chi connectivity index (χ1) is 14.5. The van der Waals surface area contributed by atoms with Crippen LogP contribution in [0.25, 0.3) is 21.3 Å². The molecule has 0 fully saturated rings. The smallest absolute Gasteiger partial charge is 0.305 e. The van der Waals surface area contributed by atoms with Gasteiger partial charge >= 0.3 is 4.87 Å². The number of rotatable bonds is 4. The number of hydrogen-bond acceptors (Lipinski definition) is 6. The van der Waals surface area contributed by atoms with Crippen LogP contribution in [-0.4, -0.2) is 31.9 Å². The fourth-order valence-electron chi connectivity index (χ4n) is 4.12. The lowest BCUT2D eigenvalue weighted by atomic mass is 9.86. The molecule has 1 aliphatic carbocycles. The molecule has 0 unspecified atom stereocenters. The van der Waals surface area contributed by atoms with Crippen LogP contribution in [0.5, 0.6) is 0 Å². The summed E-state index contributed by atoms with van der Waals surface area (Å²) in [6, 6.07) is 5.86. The molecular formula is C21H22N6O2S. The third-order valence-corrected chi connectivity index (χ3v) is 6.31. The van der Waals surface area contributed by atoms with Gasteiger partial charge in [-0.3, -0.25) is 9.59 Å². The van der Waals surface area contributed by atoms with E-state index in [1.54, 1.807) is 0 Å². The first-order valence-corrected chi connectivity index (χ1v) is 10.8. The number of aryl methyl sites for hydroxylation is 1. The van der Waals surface area contributed by atoms with Crippen molar-refractivity contribution in [1.29, 1.82) is 0 Å². The molecule has 0 bridgehead atoms. The topological polar surface area (TPSA) is 116 Å². The number of amides is 1. The minimum absolute atomic E-state index is 0.0552. The fraction of sp³-hybridized carbons (Fsp3) is 0.333. The van der Waals surface area contributed by atoms with Crippen molar-refractivity contribution in [2.75, 3.05) is 5.32 Å². The first kappa shape index (κ1) is 18.8. The number of fused-ring (bicyclic) bond motifs is 4. The summed E-state index contributed by atoms with van der Waals surface area (Å²) in [5.74, 6) is 0.745. The normalized spacial score (nSPS) is 16.2. The highest BCUT2D eigenvalue weighted by Gasteiger charge is 2.29. The van der Waals surface area contributed by atoms with Crippen LogP contribution in [0, 0.1) is 5.92 Å². The lowest BCUT2D eigenvalue weighted by Gasteiger charge is -2.23. The Labute approximate surface area is 176 Å². The summed E-state index contributed by atoms with van der Waals surface area (Å²) in [6.07, 6.45) is 3.82. The van der Waals surface area contributed by atoms with Gasteiger partial charge in [-0.2, -0.15) is 0 Å². The average molecular weight is 423 g/mol. The van der Waals surface area contributed by atoms with Gasteiger partial charge in [0.05, 0.1) is 15.6 Å². The molecule has 154 valence electrons. The number of nitrogens with one attached hydrogen (secondary N) is 4. The Balaban J connectivity index is 1.51. The Morgan fingerprint density at radius 3 is 2.97 bits per heavy atom. The SMILES string of the molecule is CC(C)NC(=O)[C@H]1CCc2[nH]c3ncnc(Nc4ccc5[nH]c(=O)sc5c4)c3c2C1. The van der Waals surface area contributed by atoms with Crippen LogP contribution in [0.2, 0.25) is 0 Å². The molecular weight excluding hydrogens is 400 g/mol. The van der Waals surface area contributed by atoms with E-state index in [-0.39, 0.29) is 22.7 Å². The zero-order valence-corrected chi connectivity index (χ0v) is 17.5. The van der Waals surface area contributed by atoms with Crippen molar-refractivity contribution in [1.82, 2.24) is 25.3 Å². The Morgan fingerprint density at radius 2 is 2.13 bits per heavy atom. The van der Waals surface area contributed by atoms with E-state index in [0.29, 0.717) is 12.2 Å². The van der Waals surface area contributed by atoms with Crippen molar-refractivity contribution >= 4 is 50.0 Å². The molecule has 1 atom stereocenters. The first-order valence-electron chi connectivity index (χ1n) is 10.0. The number of benzene rings is 1. The van der Waals surface area contributed by atoms with E-state index in [2.05, 4.69) is 30.6 Å². The van der Waals surface area contributed by atoms with E-state index >= 15 is 0 Å². The third kappa shape index (κ3) is 3.35. The second-order valence-corrected chi connectivity index (χ2v) is 9.00. The maximum absolute atomic E-state index is 12.6. The van der Waals surface area contributed by atoms with Gasteiger partial charge in [0, 0.05) is 23.3 Å². The maximum Gasteiger partial charge on any atom is 0.305 e. The van der Waals surface area contributed by atoms with Crippen LogP contribution >= 0.6 is 11.3 Å². The lowest BCUT2D eigenvalue weighted by Crippen LogP contribution is -2.37. The fourth-order valence-corrected chi connectivity index (χ4v) is 4.90. The summed E-state index contributed by atoms with van der Waals surface area (Å²) in [4.78, 5) is 39.2. The van der Waals surface area contributed by atoms with E-state index < -0.39 is 0 Å². The Morgan fingerprint density at radius 1 is 1.27 bits per heavy atom. The van der Waals surface area contributed by atoms with Crippen molar-refractivity contribution in [3.63, 3.8) is 0 Å². The van der Waals surface area contributed by atoms with Crippen LogP contribution in [0.1, 0.15) is 31.5 Å². The number of H-pyrrole nitrogens is 2. The number of nitrogens with zero attached hydrogens (tertiary/aromatic N) is 2. The molecule has 3 aromatic heterocycles. The maximum atomic E-state index is 12.6. The van der Waals surface area contributed by atoms with Crippen molar-refractivity contribution in [2.24, 2.45) is 5.92 Å². The molecule has 3 heterocycles. The van der Waals surface area contributed by atoms with Gasteiger partial charge in [0.1, 0.15) is 17.8 Å². The molecule has 4 aromatic rings. The molecule has 1 amide bonds. The Hall–Kier alpha value is -3.20. The predicted octanol–water partition coefficient (Wildman–Crippen LogP) is 3.23. The van der Waals surface area contributed by atoms with Crippen LogP contribution in [0.3, 0.4) is 0 Å². The second-order valence-electron chi connectivity index (χ2n) is 7.98. The van der Waals surface area contributed by atoms with E-state index in [9.17, 15) is 9.59 Å². The highest BCUT2D eigenvalue weighted by Crippen LogP contribution is 2.35. The van der Waals surface area contributed by atoms with Crippen LogP contribution in [0.15, 0.2) is 29.3 Å². The van der Waals surface area contributed by atoms with Crippen molar-refractivity contribution in [3.8, 4) is 0 Å². The molecule has 8 nitrogen and oxygen atoms in total. The van der Waals surface area contributed by atoms with Gasteiger partial charge in [-0.1, -0.05) is 11.3 Å². The Bertz CT molecular complexity index is 1320. The van der Waals surface area contributed by atoms with Crippen molar-refractivity contribution in [3.05, 3.63) is 45.5 Å². The van der Waals surface area contributed by atoms with Crippen LogP contribution in [0.4, 0.5) is 11.5 Å². The van der Waals surface area contributed by atoms with E-state index in [0.717, 1.165) is 51.0 Å². The number of carbonyl (C=O) groups is 1. The van der Waals surface area contributed by atoms with E-state index in [1.165, 1.54) is 17.7 Å². The van der Waals surface area contributed by atoms with Gasteiger partial charge in [-0.25, -0.2) is 9.97 Å². The van der Waals surface area contributed by atoms with Gasteiger partial charge < -0.3 is 20.6 Å². The summed E-state index contributed by atoms with van der Waals surface area (Å²) in [6.45, 7) is 3.96. The third-order valence-electron chi connectivity index (χ3n) is 5.46. The summed E-state index contributed by atoms with van der Waals surface area (Å²) in [7, 11) is 0. The molecule has 1 aromatic carbocycles. The molecule has 0 aliphatic heterocycles. The van der Waals surface area contributed by atoms with Crippen LogP contribution < -0.4 is 15.5 Å². The molecule has 0 radical (unpaired) electrons. The largest absolute Gasteiger partial charge is 0.354 e. The average Bonchev–Trinajstić information content (AvgIpc) is 3.26. The second kappa shape index (κ2) is 7.24. The van der Waals surface area contributed by atoms with Crippen LogP contribution in [-0.2, 0) is 17.6 Å². The molecule has 5 rings (SSSR count). The van der Waals surface area contributed by atoms with Gasteiger partial charge in [-0.05, 0) is 56.9 Å². The summed E-state index contributed by atoms with van der Waals surface area (Å²) in [5, 5.41) is 7.34. The molecule has 30 heavy (non-hydrogen) atoms. The quantitative estimate of drug-likeness (QED) is 0.403. The number of aromatic nitrogens is 4. The molecule has 9 heteroatoms. The zero-order valence-electron chi connectivity index (χ0n) is 16.7. The summed E-state index contributed by atoms with van der Waals surface area (Å²) >= 11 is 1.18. The summed E-state index contributed by atoms with van der Waals surface area (Å²) in [5.41, 5.74) is 4.67. The molecule has 0 saturated carbocycles. The van der Waals surface area contributed by atoms with Gasteiger partial charge in [0.15, 0.2) is 0 Å². The minimum atomic E-state index is -0.0722. The number of thiazole rings is 1. The molecule has 4 N–H and O–H groups in total. The van der Waals surface area contributed by atoms with E-state index in [4.69, 9.17) is 0 Å². The van der Waals surface area contributed by atoms with Gasteiger partial charge in [0.2, 0.25) is 5.91 Å². The van der Waals surface area contributed by atoms with E-state index in [1.807, 2.05) is 32.0 Å². The molecule has 0 saturated heterocycles. The predicted molar refractivity (Wildman–Crippen MR) is 118 cm³/mol. The monoisotopic (exact) mass is 422 g/mol. The number of hydrogen-bond donors (Lipinski definition) is 4. The standard InChI is InChI=1S/C21H22N6O2S/c1-10(2)24-20(28)11-3-5-14-13(7-11)17-18(22-9-23-19(17)26-14)25-12-4-6-15-16(8-12)30-21(29)27-15/h4,6,8-11H,3,5,7H2,1-2H3,(H,24,28)(H,27,29)(H2,22,23,25,26)/t11-/m0/s1. The number of aromatic amines is 2. The van der Waals surface area contributed by atoms with Crippen molar-refractivity contribution in [2.45, 2.75) is 39.2 Å². The lowest BCUT2D eigenvalue weighted by molar-refractivity contribution is -0.125. The Kier molecular flexibility index (Phi) is 4.54.